The SMILES string of the molecule is COc1cc(C[NH+]2CCC[C@H](C)C2)ccc1O. The molecule has 1 aromatic rings. The van der Waals surface area contributed by atoms with Gasteiger partial charge in [0.2, 0.25) is 0 Å². The summed E-state index contributed by atoms with van der Waals surface area (Å²) < 4.78 is 5.14. The predicted octanol–water partition coefficient (Wildman–Crippen LogP) is 1.22. The van der Waals surface area contributed by atoms with E-state index in [4.69, 9.17) is 4.74 Å². The minimum atomic E-state index is 0.221. The molecule has 1 unspecified atom stereocenters. The molecule has 1 saturated heterocycles. The van der Waals surface area contributed by atoms with Crippen LogP contribution in [0.3, 0.4) is 0 Å². The molecule has 0 spiro atoms. The molecule has 94 valence electrons. The van der Waals surface area contributed by atoms with Crippen molar-refractivity contribution in [1.29, 1.82) is 0 Å². The molecule has 1 heterocycles. The fourth-order valence-corrected chi connectivity index (χ4v) is 2.68. The number of phenols is 1. The second kappa shape index (κ2) is 5.41. The lowest BCUT2D eigenvalue weighted by molar-refractivity contribution is -0.922. The Bertz CT molecular complexity index is 378. The zero-order chi connectivity index (χ0) is 12.3. The van der Waals surface area contributed by atoms with Crippen LogP contribution in [0.4, 0.5) is 0 Å². The molecule has 0 aliphatic carbocycles. The summed E-state index contributed by atoms with van der Waals surface area (Å²) in [5, 5.41) is 9.55. The quantitative estimate of drug-likeness (QED) is 0.827. The molecule has 3 heteroatoms. The first-order valence-corrected chi connectivity index (χ1v) is 6.38. The third-order valence-corrected chi connectivity index (χ3v) is 3.56. The second-order valence-corrected chi connectivity index (χ2v) is 5.13. The van der Waals surface area contributed by atoms with E-state index < -0.39 is 0 Å². The predicted molar refractivity (Wildman–Crippen MR) is 67.5 cm³/mol. The number of piperidine rings is 1. The fraction of sp³-hybridized carbons (Fsp3) is 0.571. The molecule has 1 aromatic carbocycles. The van der Waals surface area contributed by atoms with Crippen LogP contribution in [0.15, 0.2) is 18.2 Å². The van der Waals surface area contributed by atoms with Crippen molar-refractivity contribution in [3.05, 3.63) is 23.8 Å². The van der Waals surface area contributed by atoms with Crippen LogP contribution in [0.25, 0.3) is 0 Å². The van der Waals surface area contributed by atoms with Gasteiger partial charge in [-0.3, -0.25) is 0 Å². The van der Waals surface area contributed by atoms with Crippen LogP contribution in [-0.2, 0) is 6.54 Å². The largest absolute Gasteiger partial charge is 0.504 e. The Morgan fingerprint density at radius 2 is 2.29 bits per heavy atom. The molecule has 0 saturated carbocycles. The summed E-state index contributed by atoms with van der Waals surface area (Å²) in [6.07, 6.45) is 2.69. The molecule has 0 bridgehead atoms. The zero-order valence-corrected chi connectivity index (χ0v) is 10.7. The number of hydrogen-bond donors (Lipinski definition) is 2. The van der Waals surface area contributed by atoms with E-state index in [1.807, 2.05) is 12.1 Å². The maximum absolute atomic E-state index is 9.55. The first-order chi connectivity index (χ1) is 8.19. The summed E-state index contributed by atoms with van der Waals surface area (Å²) in [5.41, 5.74) is 1.24. The smallest absolute Gasteiger partial charge is 0.160 e. The van der Waals surface area contributed by atoms with Gasteiger partial charge in [-0.15, -0.1) is 0 Å². The maximum atomic E-state index is 9.55. The number of phenolic OH excluding ortho intramolecular Hbond substituents is 1. The van der Waals surface area contributed by atoms with Crippen LogP contribution in [-0.4, -0.2) is 25.3 Å². The molecule has 0 radical (unpaired) electrons. The Kier molecular flexibility index (Phi) is 3.89. The van der Waals surface area contributed by atoms with Crippen molar-refractivity contribution in [3.8, 4) is 11.5 Å². The zero-order valence-electron chi connectivity index (χ0n) is 10.7. The highest BCUT2D eigenvalue weighted by Gasteiger charge is 2.19. The van der Waals surface area contributed by atoms with Crippen LogP contribution in [0, 0.1) is 5.92 Å². The van der Waals surface area contributed by atoms with Gasteiger partial charge in [-0.1, -0.05) is 6.92 Å². The van der Waals surface area contributed by atoms with E-state index in [0.29, 0.717) is 5.75 Å². The Labute approximate surface area is 103 Å². The third-order valence-electron chi connectivity index (χ3n) is 3.56. The highest BCUT2D eigenvalue weighted by atomic mass is 16.5. The van der Waals surface area contributed by atoms with Gasteiger partial charge in [0.25, 0.3) is 0 Å². The molecule has 2 N–H and O–H groups in total. The summed E-state index contributed by atoms with van der Waals surface area (Å²) in [6, 6.07) is 5.66. The molecule has 0 amide bonds. The lowest BCUT2D eigenvalue weighted by Gasteiger charge is -2.28. The van der Waals surface area contributed by atoms with Crippen molar-refractivity contribution in [3.63, 3.8) is 0 Å². The molecule has 0 aromatic heterocycles. The Morgan fingerprint density at radius 3 is 3.00 bits per heavy atom. The van der Waals surface area contributed by atoms with Gasteiger partial charge in [-0.25, -0.2) is 0 Å². The van der Waals surface area contributed by atoms with Crippen molar-refractivity contribution in [2.75, 3.05) is 20.2 Å². The van der Waals surface area contributed by atoms with E-state index in [9.17, 15) is 5.11 Å². The van der Waals surface area contributed by atoms with Gasteiger partial charge in [0.15, 0.2) is 11.5 Å². The van der Waals surface area contributed by atoms with Crippen molar-refractivity contribution in [1.82, 2.24) is 0 Å². The molecule has 2 atom stereocenters. The van der Waals surface area contributed by atoms with Crippen LogP contribution >= 0.6 is 0 Å². The molecule has 3 nitrogen and oxygen atoms in total. The summed E-state index contributed by atoms with van der Waals surface area (Å²) >= 11 is 0. The highest BCUT2D eigenvalue weighted by Crippen LogP contribution is 2.25. The lowest BCUT2D eigenvalue weighted by Crippen LogP contribution is -3.12. The molecule has 2 rings (SSSR count). The number of ether oxygens (including phenoxy) is 1. The van der Waals surface area contributed by atoms with Crippen LogP contribution < -0.4 is 9.64 Å². The molecule has 1 aliphatic heterocycles. The van der Waals surface area contributed by atoms with Crippen LogP contribution in [0.1, 0.15) is 25.3 Å². The number of likely N-dealkylation sites (tertiary alicyclic amines) is 1. The molecular weight excluding hydrogens is 214 g/mol. The van der Waals surface area contributed by atoms with E-state index in [2.05, 4.69) is 6.92 Å². The van der Waals surface area contributed by atoms with E-state index in [1.165, 1.54) is 31.5 Å². The van der Waals surface area contributed by atoms with Crippen molar-refractivity contribution < 1.29 is 14.7 Å². The number of benzene rings is 1. The molecule has 1 aliphatic rings. The Hall–Kier alpha value is -1.22. The molecule has 1 fully saturated rings. The van der Waals surface area contributed by atoms with E-state index in [-0.39, 0.29) is 5.75 Å². The summed E-state index contributed by atoms with van der Waals surface area (Å²) in [5.74, 6) is 1.63. The average Bonchev–Trinajstić information content (AvgIpc) is 2.32. The van der Waals surface area contributed by atoms with E-state index in [1.54, 1.807) is 18.1 Å². The Balaban J connectivity index is 2.02. The number of hydrogen-bond acceptors (Lipinski definition) is 2. The van der Waals surface area contributed by atoms with E-state index >= 15 is 0 Å². The van der Waals surface area contributed by atoms with Crippen molar-refractivity contribution in [2.24, 2.45) is 5.92 Å². The first-order valence-electron chi connectivity index (χ1n) is 6.38. The summed E-state index contributed by atoms with van der Waals surface area (Å²) in [7, 11) is 1.59. The topological polar surface area (TPSA) is 33.9 Å². The monoisotopic (exact) mass is 236 g/mol. The highest BCUT2D eigenvalue weighted by molar-refractivity contribution is 5.41. The van der Waals surface area contributed by atoms with Gasteiger partial charge >= 0.3 is 0 Å². The summed E-state index contributed by atoms with van der Waals surface area (Å²) in [6.45, 7) is 5.87. The van der Waals surface area contributed by atoms with Crippen LogP contribution in [0.2, 0.25) is 0 Å². The number of nitrogens with one attached hydrogen (secondary N) is 1. The van der Waals surface area contributed by atoms with Gasteiger partial charge in [-0.2, -0.15) is 0 Å². The number of rotatable bonds is 3. The second-order valence-electron chi connectivity index (χ2n) is 5.13. The third kappa shape index (κ3) is 3.13. The van der Waals surface area contributed by atoms with Gasteiger partial charge < -0.3 is 14.7 Å². The normalized spacial score (nSPS) is 24.6. The summed E-state index contributed by atoms with van der Waals surface area (Å²) in [4.78, 5) is 1.64. The standard InChI is InChI=1S/C14H21NO2/c1-11-4-3-7-15(9-11)10-12-5-6-13(16)14(8-12)17-2/h5-6,8,11,16H,3-4,7,9-10H2,1-2H3/p+1/t11-/m0/s1. The van der Waals surface area contributed by atoms with Gasteiger partial charge in [0, 0.05) is 11.5 Å². The Morgan fingerprint density at radius 1 is 1.47 bits per heavy atom. The van der Waals surface area contributed by atoms with E-state index in [0.717, 1.165) is 12.5 Å². The molecule has 17 heavy (non-hydrogen) atoms. The minimum Gasteiger partial charge on any atom is -0.504 e. The van der Waals surface area contributed by atoms with Gasteiger partial charge in [0.05, 0.1) is 20.2 Å². The average molecular weight is 236 g/mol. The fourth-order valence-electron chi connectivity index (χ4n) is 2.68. The van der Waals surface area contributed by atoms with Crippen molar-refractivity contribution >= 4 is 0 Å². The van der Waals surface area contributed by atoms with Crippen LogP contribution in [0.5, 0.6) is 11.5 Å². The molecular formula is C14H22NO2+. The first kappa shape index (κ1) is 12.2. The minimum absolute atomic E-state index is 0.221. The maximum Gasteiger partial charge on any atom is 0.160 e. The number of aromatic hydroxyl groups is 1. The lowest BCUT2D eigenvalue weighted by atomic mass is 10.00. The number of methoxy groups -OCH3 is 1. The van der Waals surface area contributed by atoms with Crippen molar-refractivity contribution in [2.45, 2.75) is 26.3 Å². The van der Waals surface area contributed by atoms with Gasteiger partial charge in [-0.05, 0) is 31.0 Å². The number of quaternary nitrogens is 1. The van der Waals surface area contributed by atoms with Gasteiger partial charge in [0.1, 0.15) is 6.54 Å².